The number of benzene rings is 1. The molecule has 1 aromatic carbocycles. The standard InChI is InChI=1S/C14H17NO4/c1-14(2)13(17)19-8-7-15(14)12(16)10-5-4-6-11(9-10)18-3/h4-6,9H,7-8H2,1-3H3. The van der Waals surface area contributed by atoms with Gasteiger partial charge >= 0.3 is 5.97 Å². The van der Waals surface area contributed by atoms with Crippen molar-refractivity contribution in [2.45, 2.75) is 19.4 Å². The first-order valence-electron chi connectivity index (χ1n) is 6.10. The molecule has 1 heterocycles. The van der Waals surface area contributed by atoms with Gasteiger partial charge in [-0.2, -0.15) is 0 Å². The molecule has 0 saturated carbocycles. The Balaban J connectivity index is 2.30. The molecule has 0 aliphatic carbocycles. The number of methoxy groups -OCH3 is 1. The van der Waals surface area contributed by atoms with Crippen LogP contribution in [0.3, 0.4) is 0 Å². The highest BCUT2D eigenvalue weighted by atomic mass is 16.5. The minimum Gasteiger partial charge on any atom is -0.497 e. The van der Waals surface area contributed by atoms with E-state index in [1.807, 2.05) is 0 Å². The Morgan fingerprint density at radius 1 is 1.42 bits per heavy atom. The molecule has 2 rings (SSSR count). The molecule has 19 heavy (non-hydrogen) atoms. The lowest BCUT2D eigenvalue weighted by atomic mass is 10.00. The van der Waals surface area contributed by atoms with Gasteiger partial charge in [0, 0.05) is 5.56 Å². The summed E-state index contributed by atoms with van der Waals surface area (Å²) in [6.07, 6.45) is 0. The predicted molar refractivity (Wildman–Crippen MR) is 69.1 cm³/mol. The van der Waals surface area contributed by atoms with Crippen molar-refractivity contribution in [2.24, 2.45) is 0 Å². The number of rotatable bonds is 2. The van der Waals surface area contributed by atoms with Crippen LogP contribution >= 0.6 is 0 Å². The molecule has 0 N–H and O–H groups in total. The van der Waals surface area contributed by atoms with Gasteiger partial charge in [-0.05, 0) is 32.0 Å². The topological polar surface area (TPSA) is 55.8 Å². The lowest BCUT2D eigenvalue weighted by Gasteiger charge is -2.40. The molecule has 1 fully saturated rings. The molecular formula is C14H17NO4. The van der Waals surface area contributed by atoms with E-state index in [-0.39, 0.29) is 18.5 Å². The van der Waals surface area contributed by atoms with Gasteiger partial charge in [-0.3, -0.25) is 4.79 Å². The second-order valence-electron chi connectivity index (χ2n) is 4.88. The lowest BCUT2D eigenvalue weighted by molar-refractivity contribution is -0.162. The van der Waals surface area contributed by atoms with Crippen LogP contribution in [0.5, 0.6) is 5.75 Å². The number of nitrogens with zero attached hydrogens (tertiary/aromatic N) is 1. The van der Waals surface area contributed by atoms with E-state index < -0.39 is 5.54 Å². The van der Waals surface area contributed by atoms with Gasteiger partial charge in [-0.25, -0.2) is 4.79 Å². The second kappa shape index (κ2) is 4.91. The van der Waals surface area contributed by atoms with Gasteiger partial charge < -0.3 is 14.4 Å². The molecule has 0 aromatic heterocycles. The van der Waals surface area contributed by atoms with Crippen LogP contribution in [-0.2, 0) is 9.53 Å². The maximum absolute atomic E-state index is 12.5. The van der Waals surface area contributed by atoms with Gasteiger partial charge in [0.1, 0.15) is 17.9 Å². The maximum atomic E-state index is 12.5. The minimum absolute atomic E-state index is 0.194. The number of cyclic esters (lactones) is 1. The summed E-state index contributed by atoms with van der Waals surface area (Å²) in [4.78, 5) is 25.8. The largest absolute Gasteiger partial charge is 0.497 e. The van der Waals surface area contributed by atoms with Gasteiger partial charge in [-0.1, -0.05) is 6.07 Å². The van der Waals surface area contributed by atoms with E-state index >= 15 is 0 Å². The Bertz CT molecular complexity index is 510. The van der Waals surface area contributed by atoms with E-state index in [0.29, 0.717) is 17.9 Å². The zero-order chi connectivity index (χ0) is 14.0. The minimum atomic E-state index is -0.946. The molecule has 102 valence electrons. The van der Waals surface area contributed by atoms with E-state index in [2.05, 4.69) is 0 Å². The molecular weight excluding hydrogens is 246 g/mol. The number of morpholine rings is 1. The molecule has 0 unspecified atom stereocenters. The Kier molecular flexibility index (Phi) is 3.46. The number of carbonyl (C=O) groups excluding carboxylic acids is 2. The number of carbonyl (C=O) groups is 2. The summed E-state index contributed by atoms with van der Waals surface area (Å²) in [5.74, 6) is 0.0405. The molecule has 5 nitrogen and oxygen atoms in total. The quantitative estimate of drug-likeness (QED) is 0.758. The van der Waals surface area contributed by atoms with E-state index in [9.17, 15) is 9.59 Å². The fraction of sp³-hybridized carbons (Fsp3) is 0.429. The summed E-state index contributed by atoms with van der Waals surface area (Å²) in [7, 11) is 1.55. The van der Waals surface area contributed by atoms with Crippen LogP contribution in [-0.4, -0.2) is 42.6 Å². The summed E-state index contributed by atoms with van der Waals surface area (Å²) in [6, 6.07) is 6.90. The van der Waals surface area contributed by atoms with Crippen molar-refractivity contribution in [1.29, 1.82) is 0 Å². The smallest absolute Gasteiger partial charge is 0.331 e. The lowest BCUT2D eigenvalue weighted by Crippen LogP contribution is -2.58. The summed E-state index contributed by atoms with van der Waals surface area (Å²) in [6.45, 7) is 4.01. The Morgan fingerprint density at radius 3 is 2.84 bits per heavy atom. The average Bonchev–Trinajstić information content (AvgIpc) is 2.41. The fourth-order valence-corrected chi connectivity index (χ4v) is 2.06. The zero-order valence-electron chi connectivity index (χ0n) is 11.3. The van der Waals surface area contributed by atoms with Crippen molar-refractivity contribution >= 4 is 11.9 Å². The van der Waals surface area contributed by atoms with E-state index in [0.717, 1.165) is 0 Å². The third-order valence-electron chi connectivity index (χ3n) is 3.28. The van der Waals surface area contributed by atoms with Crippen molar-refractivity contribution in [3.8, 4) is 5.75 Å². The summed E-state index contributed by atoms with van der Waals surface area (Å²) in [5, 5.41) is 0. The SMILES string of the molecule is COc1cccc(C(=O)N2CCOC(=O)C2(C)C)c1. The van der Waals surface area contributed by atoms with Crippen LogP contribution in [0.15, 0.2) is 24.3 Å². The first-order valence-corrected chi connectivity index (χ1v) is 6.10. The first-order chi connectivity index (χ1) is 8.96. The molecule has 0 spiro atoms. The van der Waals surface area contributed by atoms with Gasteiger partial charge in [0.15, 0.2) is 0 Å². The van der Waals surface area contributed by atoms with Crippen molar-refractivity contribution in [3.63, 3.8) is 0 Å². The number of ether oxygens (including phenoxy) is 2. The van der Waals surface area contributed by atoms with Gasteiger partial charge in [0.25, 0.3) is 5.91 Å². The van der Waals surface area contributed by atoms with Gasteiger partial charge in [0.2, 0.25) is 0 Å². The molecule has 1 amide bonds. The summed E-state index contributed by atoms with van der Waals surface area (Å²) >= 11 is 0. The molecule has 0 radical (unpaired) electrons. The van der Waals surface area contributed by atoms with Crippen molar-refractivity contribution in [2.75, 3.05) is 20.3 Å². The third kappa shape index (κ3) is 2.41. The summed E-state index contributed by atoms with van der Waals surface area (Å²) in [5.41, 5.74) is -0.444. The number of esters is 1. The highest BCUT2D eigenvalue weighted by Crippen LogP contribution is 2.24. The molecule has 0 bridgehead atoms. The number of amides is 1. The van der Waals surface area contributed by atoms with Crippen molar-refractivity contribution < 1.29 is 19.1 Å². The van der Waals surface area contributed by atoms with Crippen LogP contribution < -0.4 is 4.74 Å². The average molecular weight is 263 g/mol. The van der Waals surface area contributed by atoms with Crippen LogP contribution in [0.1, 0.15) is 24.2 Å². The third-order valence-corrected chi connectivity index (χ3v) is 3.28. The normalized spacial score (nSPS) is 17.8. The Morgan fingerprint density at radius 2 is 2.16 bits per heavy atom. The molecule has 1 aromatic rings. The molecule has 1 saturated heterocycles. The Labute approximate surface area is 112 Å². The van der Waals surface area contributed by atoms with Crippen LogP contribution in [0.25, 0.3) is 0 Å². The van der Waals surface area contributed by atoms with Crippen molar-refractivity contribution in [1.82, 2.24) is 4.90 Å². The van der Waals surface area contributed by atoms with Crippen LogP contribution in [0, 0.1) is 0 Å². The van der Waals surface area contributed by atoms with E-state index in [4.69, 9.17) is 9.47 Å². The zero-order valence-corrected chi connectivity index (χ0v) is 11.3. The number of hydrogen-bond donors (Lipinski definition) is 0. The van der Waals surface area contributed by atoms with Crippen LogP contribution in [0.2, 0.25) is 0 Å². The van der Waals surface area contributed by atoms with Gasteiger partial charge in [-0.15, -0.1) is 0 Å². The van der Waals surface area contributed by atoms with E-state index in [1.54, 1.807) is 45.2 Å². The monoisotopic (exact) mass is 263 g/mol. The summed E-state index contributed by atoms with van der Waals surface area (Å²) < 4.78 is 10.1. The predicted octanol–water partition coefficient (Wildman–Crippen LogP) is 1.47. The molecule has 1 aliphatic rings. The molecule has 0 atom stereocenters. The van der Waals surface area contributed by atoms with E-state index in [1.165, 1.54) is 4.90 Å². The van der Waals surface area contributed by atoms with Crippen molar-refractivity contribution in [3.05, 3.63) is 29.8 Å². The first kappa shape index (κ1) is 13.4. The maximum Gasteiger partial charge on any atom is 0.331 e. The highest BCUT2D eigenvalue weighted by Gasteiger charge is 2.42. The molecule has 1 aliphatic heterocycles. The van der Waals surface area contributed by atoms with Crippen LogP contribution in [0.4, 0.5) is 0 Å². The van der Waals surface area contributed by atoms with Gasteiger partial charge in [0.05, 0.1) is 13.7 Å². The highest BCUT2D eigenvalue weighted by molar-refractivity contribution is 5.98. The Hall–Kier alpha value is -2.04. The number of hydrogen-bond acceptors (Lipinski definition) is 4. The molecule has 5 heteroatoms. The second-order valence-corrected chi connectivity index (χ2v) is 4.88. The fourth-order valence-electron chi connectivity index (χ4n) is 2.06.